The van der Waals surface area contributed by atoms with Crippen LogP contribution >= 0.6 is 0 Å². The van der Waals surface area contributed by atoms with Crippen molar-refractivity contribution in [2.45, 2.75) is 13.0 Å². The Morgan fingerprint density at radius 1 is 1.61 bits per heavy atom. The number of carbonyl (C=O) groups is 1. The number of aliphatic hydroxyl groups is 1. The first-order valence-electron chi connectivity index (χ1n) is 5.30. The van der Waals surface area contributed by atoms with Crippen LogP contribution in [0.15, 0.2) is 18.2 Å². The molecule has 1 amide bonds. The van der Waals surface area contributed by atoms with Crippen LogP contribution in [0, 0.1) is 10.1 Å². The fraction of sp³-hybridized carbons (Fsp3) is 0.364. The van der Waals surface area contributed by atoms with Crippen molar-refractivity contribution in [3.63, 3.8) is 0 Å². The summed E-state index contributed by atoms with van der Waals surface area (Å²) in [5.74, 6) is -0.546. The van der Waals surface area contributed by atoms with Crippen LogP contribution in [-0.2, 0) is 0 Å². The number of aliphatic hydroxyl groups excluding tert-OH is 1. The second kappa shape index (κ2) is 5.46. The van der Waals surface area contributed by atoms with Crippen LogP contribution in [0.4, 0.5) is 11.4 Å². The summed E-state index contributed by atoms with van der Waals surface area (Å²) in [6, 6.07) is 3.82. The molecule has 1 unspecified atom stereocenters. The van der Waals surface area contributed by atoms with Crippen molar-refractivity contribution in [1.29, 1.82) is 0 Å². The minimum absolute atomic E-state index is 0.0804. The molecule has 0 aliphatic carbocycles. The number of rotatable bonds is 4. The van der Waals surface area contributed by atoms with Crippen molar-refractivity contribution < 1.29 is 14.8 Å². The lowest BCUT2D eigenvalue weighted by atomic mass is 10.1. The van der Waals surface area contributed by atoms with E-state index in [1.807, 2.05) is 0 Å². The minimum Gasteiger partial charge on any atom is -0.399 e. The molecule has 0 aliphatic heterocycles. The van der Waals surface area contributed by atoms with Gasteiger partial charge in [-0.05, 0) is 19.1 Å². The minimum atomic E-state index is -0.709. The van der Waals surface area contributed by atoms with Crippen molar-refractivity contribution in [1.82, 2.24) is 4.90 Å². The Bertz CT molecular complexity index is 473. The Morgan fingerprint density at radius 3 is 2.72 bits per heavy atom. The molecule has 0 fully saturated rings. The van der Waals surface area contributed by atoms with Gasteiger partial charge in [0.15, 0.2) is 0 Å². The lowest BCUT2D eigenvalue weighted by molar-refractivity contribution is -0.385. The van der Waals surface area contributed by atoms with Crippen LogP contribution in [0.5, 0.6) is 0 Å². The number of anilines is 1. The van der Waals surface area contributed by atoms with Gasteiger partial charge in [0, 0.05) is 25.3 Å². The summed E-state index contributed by atoms with van der Waals surface area (Å²) >= 11 is 0. The van der Waals surface area contributed by atoms with Crippen molar-refractivity contribution in [3.8, 4) is 0 Å². The number of amides is 1. The third kappa shape index (κ3) is 3.17. The second-order valence-electron chi connectivity index (χ2n) is 4.07. The lowest BCUT2D eigenvalue weighted by Crippen LogP contribution is -2.33. The highest BCUT2D eigenvalue weighted by atomic mass is 16.6. The predicted octanol–water partition coefficient (Wildman–Crippen LogP) is 0.630. The Kier molecular flexibility index (Phi) is 4.22. The molecule has 0 spiro atoms. The van der Waals surface area contributed by atoms with Gasteiger partial charge in [0.25, 0.3) is 11.6 Å². The van der Waals surface area contributed by atoms with Gasteiger partial charge < -0.3 is 15.7 Å². The van der Waals surface area contributed by atoms with Gasteiger partial charge in [-0.3, -0.25) is 14.9 Å². The number of nitro groups is 1. The molecule has 1 aromatic rings. The fourth-order valence-electron chi connectivity index (χ4n) is 1.57. The molecule has 1 atom stereocenters. The van der Waals surface area contributed by atoms with Gasteiger partial charge in [-0.1, -0.05) is 0 Å². The van der Waals surface area contributed by atoms with Crippen LogP contribution in [0.1, 0.15) is 17.3 Å². The zero-order valence-electron chi connectivity index (χ0n) is 10.2. The molecular weight excluding hydrogens is 238 g/mol. The number of nitrogens with zero attached hydrogens (tertiary/aromatic N) is 2. The molecule has 0 radical (unpaired) electrons. The standard InChI is InChI=1S/C11H15N3O4/c1-7(15)6-13(2)11(16)9-5-8(12)3-4-10(9)14(17)18/h3-5,7,15H,6,12H2,1-2H3. The van der Waals surface area contributed by atoms with Crippen LogP contribution in [-0.4, -0.2) is 40.5 Å². The molecule has 0 saturated heterocycles. The van der Waals surface area contributed by atoms with E-state index in [4.69, 9.17) is 5.73 Å². The normalized spacial score (nSPS) is 11.9. The monoisotopic (exact) mass is 253 g/mol. The summed E-state index contributed by atoms with van der Waals surface area (Å²) in [6.45, 7) is 1.61. The van der Waals surface area contributed by atoms with Crippen molar-refractivity contribution in [3.05, 3.63) is 33.9 Å². The quantitative estimate of drug-likeness (QED) is 0.464. The Morgan fingerprint density at radius 2 is 2.22 bits per heavy atom. The third-order valence-electron chi connectivity index (χ3n) is 2.33. The molecule has 0 aliphatic rings. The molecule has 98 valence electrons. The molecule has 0 saturated carbocycles. The number of hydrogen-bond donors (Lipinski definition) is 2. The molecule has 1 aromatic carbocycles. The van der Waals surface area contributed by atoms with Crippen LogP contribution < -0.4 is 5.73 Å². The summed E-state index contributed by atoms with van der Waals surface area (Å²) in [5.41, 5.74) is 5.42. The highest BCUT2D eigenvalue weighted by Gasteiger charge is 2.23. The maximum Gasteiger partial charge on any atom is 0.282 e. The zero-order chi connectivity index (χ0) is 13.9. The van der Waals surface area contributed by atoms with E-state index in [0.717, 1.165) is 0 Å². The average Bonchev–Trinajstić information content (AvgIpc) is 2.26. The van der Waals surface area contributed by atoms with Gasteiger partial charge in [-0.25, -0.2) is 0 Å². The highest BCUT2D eigenvalue weighted by Crippen LogP contribution is 2.22. The van der Waals surface area contributed by atoms with Crippen molar-refractivity contribution >= 4 is 17.3 Å². The van der Waals surface area contributed by atoms with E-state index < -0.39 is 16.9 Å². The van der Waals surface area contributed by atoms with Gasteiger partial charge in [0.05, 0.1) is 11.0 Å². The topological polar surface area (TPSA) is 110 Å². The number of nitro benzene ring substituents is 1. The molecule has 7 nitrogen and oxygen atoms in total. The molecule has 7 heteroatoms. The fourth-order valence-corrected chi connectivity index (χ4v) is 1.57. The SMILES string of the molecule is CC(O)CN(C)C(=O)c1cc(N)ccc1[N+](=O)[O-]. The third-order valence-corrected chi connectivity index (χ3v) is 2.33. The predicted molar refractivity (Wildman–Crippen MR) is 66.2 cm³/mol. The average molecular weight is 253 g/mol. The second-order valence-corrected chi connectivity index (χ2v) is 4.07. The molecule has 0 bridgehead atoms. The lowest BCUT2D eigenvalue weighted by Gasteiger charge is -2.18. The summed E-state index contributed by atoms with van der Waals surface area (Å²) in [4.78, 5) is 23.4. The van der Waals surface area contributed by atoms with E-state index in [1.54, 1.807) is 0 Å². The molecule has 18 heavy (non-hydrogen) atoms. The summed E-state index contributed by atoms with van der Waals surface area (Å²) in [5, 5.41) is 20.0. The molecule has 0 aromatic heterocycles. The Balaban J connectivity index is 3.11. The molecule has 1 rings (SSSR count). The van der Waals surface area contributed by atoms with E-state index in [2.05, 4.69) is 0 Å². The first kappa shape index (κ1) is 13.9. The van der Waals surface area contributed by atoms with E-state index >= 15 is 0 Å². The number of likely N-dealkylation sites (N-methyl/N-ethyl adjacent to an activating group) is 1. The first-order chi connectivity index (χ1) is 8.32. The van der Waals surface area contributed by atoms with Crippen LogP contribution in [0.3, 0.4) is 0 Å². The van der Waals surface area contributed by atoms with Crippen LogP contribution in [0.2, 0.25) is 0 Å². The van der Waals surface area contributed by atoms with Gasteiger partial charge in [-0.15, -0.1) is 0 Å². The van der Waals surface area contributed by atoms with E-state index in [-0.39, 0.29) is 23.5 Å². The van der Waals surface area contributed by atoms with Crippen molar-refractivity contribution in [2.75, 3.05) is 19.3 Å². The zero-order valence-corrected chi connectivity index (χ0v) is 10.2. The number of nitrogens with two attached hydrogens (primary N) is 1. The Hall–Kier alpha value is -2.15. The maximum atomic E-state index is 12.0. The van der Waals surface area contributed by atoms with Gasteiger partial charge >= 0.3 is 0 Å². The van der Waals surface area contributed by atoms with E-state index in [9.17, 15) is 20.0 Å². The van der Waals surface area contributed by atoms with Gasteiger partial charge in [-0.2, -0.15) is 0 Å². The van der Waals surface area contributed by atoms with Crippen LogP contribution in [0.25, 0.3) is 0 Å². The highest BCUT2D eigenvalue weighted by molar-refractivity contribution is 5.98. The Labute approximate surface area is 104 Å². The number of hydrogen-bond acceptors (Lipinski definition) is 5. The summed E-state index contributed by atoms with van der Waals surface area (Å²) < 4.78 is 0. The van der Waals surface area contributed by atoms with E-state index in [0.29, 0.717) is 0 Å². The summed E-state index contributed by atoms with van der Waals surface area (Å²) in [6.07, 6.45) is -0.709. The molecule has 0 heterocycles. The van der Waals surface area contributed by atoms with Gasteiger partial charge in [0.2, 0.25) is 0 Å². The smallest absolute Gasteiger partial charge is 0.282 e. The van der Waals surface area contributed by atoms with Crippen molar-refractivity contribution in [2.24, 2.45) is 0 Å². The van der Waals surface area contributed by atoms with E-state index in [1.165, 1.54) is 37.1 Å². The summed E-state index contributed by atoms with van der Waals surface area (Å²) in [7, 11) is 1.46. The first-order valence-corrected chi connectivity index (χ1v) is 5.30. The number of carbonyl (C=O) groups excluding carboxylic acids is 1. The molecular formula is C11H15N3O4. The molecule has 3 N–H and O–H groups in total. The number of nitrogen functional groups attached to an aromatic ring is 1. The number of benzene rings is 1. The van der Waals surface area contributed by atoms with Gasteiger partial charge in [0.1, 0.15) is 5.56 Å². The largest absolute Gasteiger partial charge is 0.399 e. The maximum absolute atomic E-state index is 12.0.